The summed E-state index contributed by atoms with van der Waals surface area (Å²) in [6.45, 7) is 6.95. The van der Waals surface area contributed by atoms with Gasteiger partial charge in [0.25, 0.3) is 0 Å². The predicted octanol–water partition coefficient (Wildman–Crippen LogP) is 1.93. The van der Waals surface area contributed by atoms with Crippen molar-refractivity contribution in [1.82, 2.24) is 4.90 Å². The van der Waals surface area contributed by atoms with Gasteiger partial charge in [-0.3, -0.25) is 4.90 Å². The lowest BCUT2D eigenvalue weighted by Gasteiger charge is -2.24. The Hall–Kier alpha value is -1.52. The molecule has 0 spiro atoms. The molecule has 0 atom stereocenters. The molecule has 0 aromatic heterocycles. The van der Waals surface area contributed by atoms with Crippen LogP contribution in [0, 0.1) is 0 Å². The number of hydrogen-bond acceptors (Lipinski definition) is 4. The lowest BCUT2D eigenvalue weighted by Crippen LogP contribution is -2.33. The van der Waals surface area contributed by atoms with E-state index in [4.69, 9.17) is 4.74 Å². The second-order valence-electron chi connectivity index (χ2n) is 4.35. The van der Waals surface area contributed by atoms with Gasteiger partial charge in [-0.25, -0.2) is 9.59 Å². The lowest BCUT2D eigenvalue weighted by molar-refractivity contribution is -0.134. The van der Waals surface area contributed by atoms with Gasteiger partial charge in [0.1, 0.15) is 5.60 Å². The molecule has 0 unspecified atom stereocenters. The number of amides is 1. The number of methoxy groups -OCH3 is 1. The zero-order chi connectivity index (χ0) is 12.9. The van der Waals surface area contributed by atoms with Crippen molar-refractivity contribution in [2.75, 3.05) is 14.2 Å². The monoisotopic (exact) mass is 229 g/mol. The Bertz CT molecular complexity index is 302. The molecule has 0 saturated carbocycles. The maximum absolute atomic E-state index is 11.6. The van der Waals surface area contributed by atoms with E-state index in [1.165, 1.54) is 25.1 Å². The maximum Gasteiger partial charge on any atom is 0.414 e. The topological polar surface area (TPSA) is 55.8 Å². The van der Waals surface area contributed by atoms with Gasteiger partial charge in [-0.2, -0.15) is 0 Å². The van der Waals surface area contributed by atoms with Crippen molar-refractivity contribution in [2.45, 2.75) is 33.3 Å². The number of hydrogen-bond donors (Lipinski definition) is 0. The molecule has 0 aliphatic heterocycles. The Labute approximate surface area is 96.0 Å². The van der Waals surface area contributed by atoms with Crippen molar-refractivity contribution in [2.24, 2.45) is 0 Å². The van der Waals surface area contributed by atoms with Gasteiger partial charge in [-0.15, -0.1) is 0 Å². The summed E-state index contributed by atoms with van der Waals surface area (Å²) < 4.78 is 9.59. The van der Waals surface area contributed by atoms with Gasteiger partial charge in [-0.1, -0.05) is 0 Å². The van der Waals surface area contributed by atoms with E-state index >= 15 is 0 Å². The molecule has 0 saturated heterocycles. The minimum Gasteiger partial charge on any atom is -0.466 e. The van der Waals surface area contributed by atoms with Gasteiger partial charge in [0.15, 0.2) is 0 Å². The Morgan fingerprint density at radius 1 is 1.25 bits per heavy atom. The molecule has 0 aromatic rings. The maximum atomic E-state index is 11.6. The van der Waals surface area contributed by atoms with Crippen molar-refractivity contribution in [3.63, 3.8) is 0 Å². The molecule has 16 heavy (non-hydrogen) atoms. The average Bonchev–Trinajstić information content (AvgIpc) is 2.13. The normalized spacial score (nSPS) is 12.0. The number of nitrogens with zero attached hydrogens (tertiary/aromatic N) is 1. The van der Waals surface area contributed by atoms with Crippen LogP contribution < -0.4 is 0 Å². The number of rotatable bonds is 2. The van der Waals surface area contributed by atoms with Crippen molar-refractivity contribution in [1.29, 1.82) is 0 Å². The van der Waals surface area contributed by atoms with E-state index in [1.807, 2.05) is 0 Å². The Kier molecular flexibility index (Phi) is 5.01. The third kappa shape index (κ3) is 5.38. The quantitative estimate of drug-likeness (QED) is 0.536. The average molecular weight is 229 g/mol. The van der Waals surface area contributed by atoms with E-state index in [2.05, 4.69) is 4.74 Å². The largest absolute Gasteiger partial charge is 0.466 e. The van der Waals surface area contributed by atoms with Crippen molar-refractivity contribution >= 4 is 12.1 Å². The van der Waals surface area contributed by atoms with Crippen LogP contribution in [0.2, 0.25) is 0 Å². The van der Waals surface area contributed by atoms with Crippen LogP contribution in [0.5, 0.6) is 0 Å². The number of allylic oxidation sites excluding steroid dienone is 1. The molecule has 0 aromatic carbocycles. The van der Waals surface area contributed by atoms with Crippen molar-refractivity contribution < 1.29 is 19.1 Å². The first-order chi connectivity index (χ1) is 7.17. The predicted molar refractivity (Wildman–Crippen MR) is 59.8 cm³/mol. The van der Waals surface area contributed by atoms with Gasteiger partial charge >= 0.3 is 12.1 Å². The molecule has 0 rings (SSSR count). The van der Waals surface area contributed by atoms with Gasteiger partial charge in [-0.05, 0) is 27.7 Å². The molecule has 0 aliphatic carbocycles. The van der Waals surface area contributed by atoms with Crippen molar-refractivity contribution in [3.05, 3.63) is 11.8 Å². The van der Waals surface area contributed by atoms with Gasteiger partial charge < -0.3 is 9.47 Å². The van der Waals surface area contributed by atoms with Gasteiger partial charge in [0, 0.05) is 18.8 Å². The van der Waals surface area contributed by atoms with Crippen LogP contribution >= 0.6 is 0 Å². The smallest absolute Gasteiger partial charge is 0.414 e. The fourth-order valence-corrected chi connectivity index (χ4v) is 0.801. The Morgan fingerprint density at radius 3 is 2.12 bits per heavy atom. The standard InChI is InChI=1S/C11H19NO4/c1-8(7-9(13)15-6)12(5)10(14)16-11(2,3)4/h7H,1-6H3. The summed E-state index contributed by atoms with van der Waals surface area (Å²) in [5.74, 6) is -0.507. The zero-order valence-corrected chi connectivity index (χ0v) is 10.7. The van der Waals surface area contributed by atoms with E-state index in [0.29, 0.717) is 5.70 Å². The van der Waals surface area contributed by atoms with E-state index in [-0.39, 0.29) is 0 Å². The third-order valence-electron chi connectivity index (χ3n) is 1.72. The van der Waals surface area contributed by atoms with E-state index in [0.717, 1.165) is 0 Å². The molecular weight excluding hydrogens is 210 g/mol. The van der Waals surface area contributed by atoms with Crippen LogP contribution in [0.15, 0.2) is 11.8 Å². The third-order valence-corrected chi connectivity index (χ3v) is 1.72. The molecule has 0 fully saturated rings. The first kappa shape index (κ1) is 14.5. The number of esters is 1. The molecule has 0 bridgehead atoms. The highest BCUT2D eigenvalue weighted by atomic mass is 16.6. The number of carbonyl (C=O) groups is 2. The van der Waals surface area contributed by atoms with Crippen LogP contribution in [-0.2, 0) is 14.3 Å². The lowest BCUT2D eigenvalue weighted by atomic mass is 10.2. The summed E-state index contributed by atoms with van der Waals surface area (Å²) in [6.07, 6.45) is 0.717. The highest BCUT2D eigenvalue weighted by Gasteiger charge is 2.20. The molecule has 5 nitrogen and oxygen atoms in total. The summed E-state index contributed by atoms with van der Waals surface area (Å²) in [5, 5.41) is 0. The summed E-state index contributed by atoms with van der Waals surface area (Å²) in [6, 6.07) is 0. The van der Waals surface area contributed by atoms with E-state index in [1.54, 1.807) is 27.7 Å². The van der Waals surface area contributed by atoms with Gasteiger partial charge in [0.05, 0.1) is 7.11 Å². The second kappa shape index (κ2) is 5.53. The van der Waals surface area contributed by atoms with E-state index < -0.39 is 17.7 Å². The minimum atomic E-state index is -0.559. The van der Waals surface area contributed by atoms with Crippen LogP contribution in [0.3, 0.4) is 0 Å². The fraction of sp³-hybridized carbons (Fsp3) is 0.636. The highest BCUT2D eigenvalue weighted by Crippen LogP contribution is 2.11. The molecule has 0 radical (unpaired) electrons. The summed E-state index contributed by atoms with van der Waals surface area (Å²) in [5.41, 5.74) is -0.0993. The Balaban J connectivity index is 4.56. The summed E-state index contributed by atoms with van der Waals surface area (Å²) >= 11 is 0. The Morgan fingerprint density at radius 2 is 1.75 bits per heavy atom. The number of carbonyl (C=O) groups excluding carboxylic acids is 2. The second-order valence-corrected chi connectivity index (χ2v) is 4.35. The number of ether oxygens (including phenoxy) is 2. The molecule has 0 aliphatic rings. The summed E-state index contributed by atoms with van der Waals surface area (Å²) in [4.78, 5) is 23.8. The minimum absolute atomic E-state index is 0.459. The molecule has 0 N–H and O–H groups in total. The van der Waals surface area contributed by atoms with Gasteiger partial charge in [0.2, 0.25) is 0 Å². The van der Waals surface area contributed by atoms with E-state index in [9.17, 15) is 9.59 Å². The summed E-state index contributed by atoms with van der Waals surface area (Å²) in [7, 11) is 2.81. The zero-order valence-electron chi connectivity index (χ0n) is 10.7. The first-order valence-corrected chi connectivity index (χ1v) is 4.90. The SMILES string of the molecule is COC(=O)C=C(C)N(C)C(=O)OC(C)(C)C. The van der Waals surface area contributed by atoms with Crippen LogP contribution in [0.4, 0.5) is 4.79 Å². The molecule has 0 heterocycles. The van der Waals surface area contributed by atoms with Crippen LogP contribution in [0.25, 0.3) is 0 Å². The molecular formula is C11H19NO4. The first-order valence-electron chi connectivity index (χ1n) is 4.90. The molecule has 5 heteroatoms. The molecule has 92 valence electrons. The molecule has 1 amide bonds. The van der Waals surface area contributed by atoms with Crippen molar-refractivity contribution in [3.8, 4) is 0 Å². The highest BCUT2D eigenvalue weighted by molar-refractivity contribution is 5.83. The fourth-order valence-electron chi connectivity index (χ4n) is 0.801. The van der Waals surface area contributed by atoms with Crippen LogP contribution in [-0.4, -0.2) is 36.7 Å². The van der Waals surface area contributed by atoms with Crippen LogP contribution in [0.1, 0.15) is 27.7 Å².